The van der Waals surface area contributed by atoms with Crippen LogP contribution in [0.3, 0.4) is 0 Å². The van der Waals surface area contributed by atoms with Gasteiger partial charge in [-0.1, -0.05) is 30.3 Å². The summed E-state index contributed by atoms with van der Waals surface area (Å²) in [5, 5.41) is 8.17. The second-order valence-electron chi connectivity index (χ2n) is 5.47. The van der Waals surface area contributed by atoms with Gasteiger partial charge in [-0.3, -0.25) is 9.13 Å². The molecule has 2 heterocycles. The third kappa shape index (κ3) is 2.32. The van der Waals surface area contributed by atoms with Crippen molar-refractivity contribution < 1.29 is 4.42 Å². The van der Waals surface area contributed by atoms with Crippen LogP contribution >= 0.6 is 0 Å². The number of aryl methyl sites for hydroxylation is 1. The van der Waals surface area contributed by atoms with Crippen LogP contribution in [0.25, 0.3) is 22.5 Å². The van der Waals surface area contributed by atoms with Crippen molar-refractivity contribution in [3.8, 4) is 11.5 Å². The van der Waals surface area contributed by atoms with E-state index in [9.17, 15) is 4.79 Å². The summed E-state index contributed by atoms with van der Waals surface area (Å²) >= 11 is 0. The first-order valence-electron chi connectivity index (χ1n) is 7.84. The van der Waals surface area contributed by atoms with Crippen molar-refractivity contribution in [1.82, 2.24) is 19.3 Å². The molecular formula is C18H16N4O2. The first kappa shape index (κ1) is 14.4. The fourth-order valence-electron chi connectivity index (χ4n) is 2.88. The van der Waals surface area contributed by atoms with Gasteiger partial charge < -0.3 is 4.42 Å². The van der Waals surface area contributed by atoms with Gasteiger partial charge in [0, 0.05) is 12.1 Å². The Morgan fingerprint density at radius 2 is 1.58 bits per heavy atom. The molecule has 0 amide bonds. The summed E-state index contributed by atoms with van der Waals surface area (Å²) in [6.45, 7) is 2.83. The molecule has 0 unspecified atom stereocenters. The van der Waals surface area contributed by atoms with Gasteiger partial charge in [-0.05, 0) is 31.2 Å². The molecule has 0 radical (unpaired) electrons. The summed E-state index contributed by atoms with van der Waals surface area (Å²) in [5.74, 6) is 0.868. The van der Waals surface area contributed by atoms with Crippen LogP contribution in [0.15, 0.2) is 63.8 Å². The van der Waals surface area contributed by atoms with Crippen LogP contribution in [-0.4, -0.2) is 19.3 Å². The van der Waals surface area contributed by atoms with E-state index in [1.54, 1.807) is 9.13 Å². The molecule has 0 aliphatic carbocycles. The zero-order valence-corrected chi connectivity index (χ0v) is 13.2. The Kier molecular flexibility index (Phi) is 3.49. The maximum atomic E-state index is 12.6. The summed E-state index contributed by atoms with van der Waals surface area (Å²) in [7, 11) is 0. The van der Waals surface area contributed by atoms with E-state index in [-0.39, 0.29) is 12.2 Å². The lowest BCUT2D eigenvalue weighted by Gasteiger charge is -1.98. The molecule has 0 aliphatic rings. The standard InChI is InChI=1S/C18H16N4O2/c1-2-21-14-10-6-7-11-15(14)22(18(21)23)12-16-19-20-17(24-16)13-8-4-3-5-9-13/h3-11H,2,12H2,1H3. The van der Waals surface area contributed by atoms with Crippen LogP contribution in [0.1, 0.15) is 12.8 Å². The van der Waals surface area contributed by atoms with Gasteiger partial charge >= 0.3 is 5.69 Å². The Morgan fingerprint density at radius 1 is 0.917 bits per heavy atom. The topological polar surface area (TPSA) is 65.8 Å². The van der Waals surface area contributed by atoms with Crippen LogP contribution in [0.4, 0.5) is 0 Å². The van der Waals surface area contributed by atoms with Crippen molar-refractivity contribution in [3.63, 3.8) is 0 Å². The molecule has 0 spiro atoms. The highest BCUT2D eigenvalue weighted by Crippen LogP contribution is 2.18. The van der Waals surface area contributed by atoms with E-state index in [0.29, 0.717) is 18.3 Å². The number of rotatable bonds is 4. The molecule has 0 fully saturated rings. The number of hydrogen-bond donors (Lipinski definition) is 0. The van der Waals surface area contributed by atoms with Crippen molar-refractivity contribution in [3.05, 3.63) is 71.0 Å². The van der Waals surface area contributed by atoms with E-state index in [1.807, 2.05) is 61.5 Å². The van der Waals surface area contributed by atoms with Gasteiger partial charge in [0.1, 0.15) is 6.54 Å². The zero-order chi connectivity index (χ0) is 16.5. The molecule has 0 atom stereocenters. The number of imidazole rings is 1. The first-order chi connectivity index (χ1) is 11.8. The Labute approximate surface area is 138 Å². The van der Waals surface area contributed by atoms with Crippen LogP contribution in [0.2, 0.25) is 0 Å². The van der Waals surface area contributed by atoms with E-state index in [2.05, 4.69) is 10.2 Å². The monoisotopic (exact) mass is 320 g/mol. The second kappa shape index (κ2) is 5.81. The molecule has 6 nitrogen and oxygen atoms in total. The fraction of sp³-hybridized carbons (Fsp3) is 0.167. The molecule has 0 saturated carbocycles. The van der Waals surface area contributed by atoms with E-state index >= 15 is 0 Å². The maximum Gasteiger partial charge on any atom is 0.329 e. The summed E-state index contributed by atoms with van der Waals surface area (Å²) in [5.41, 5.74) is 2.56. The molecule has 0 N–H and O–H groups in total. The minimum atomic E-state index is -0.0711. The third-order valence-corrected chi connectivity index (χ3v) is 4.02. The van der Waals surface area contributed by atoms with Gasteiger partial charge in [-0.15, -0.1) is 10.2 Å². The molecule has 0 saturated heterocycles. The quantitative estimate of drug-likeness (QED) is 0.580. The predicted molar refractivity (Wildman–Crippen MR) is 90.7 cm³/mol. The van der Waals surface area contributed by atoms with Gasteiger partial charge in [-0.25, -0.2) is 4.79 Å². The Hall–Kier alpha value is -3.15. The third-order valence-electron chi connectivity index (χ3n) is 4.02. The highest BCUT2D eigenvalue weighted by Gasteiger charge is 2.15. The van der Waals surface area contributed by atoms with E-state index in [4.69, 9.17) is 4.42 Å². The SMILES string of the molecule is CCn1c(=O)n(Cc2nnc(-c3ccccc3)o2)c2ccccc21. The number of fused-ring (bicyclic) bond motifs is 1. The Bertz CT molecular complexity index is 1040. The lowest BCUT2D eigenvalue weighted by Crippen LogP contribution is -2.24. The normalized spacial score (nSPS) is 11.2. The minimum Gasteiger partial charge on any atom is -0.419 e. The largest absolute Gasteiger partial charge is 0.419 e. The van der Waals surface area contributed by atoms with Crippen LogP contribution in [-0.2, 0) is 13.1 Å². The molecule has 0 aliphatic heterocycles. The van der Waals surface area contributed by atoms with E-state index in [0.717, 1.165) is 16.6 Å². The number of aromatic nitrogens is 4. The zero-order valence-electron chi connectivity index (χ0n) is 13.2. The lowest BCUT2D eigenvalue weighted by molar-refractivity contribution is 0.485. The summed E-state index contributed by atoms with van der Waals surface area (Å²) in [6.07, 6.45) is 0. The van der Waals surface area contributed by atoms with E-state index in [1.165, 1.54) is 0 Å². The molecule has 2 aromatic carbocycles. The molecule has 2 aromatic heterocycles. The highest BCUT2D eigenvalue weighted by atomic mass is 16.4. The van der Waals surface area contributed by atoms with Crippen LogP contribution in [0.5, 0.6) is 0 Å². The number of hydrogen-bond acceptors (Lipinski definition) is 4. The van der Waals surface area contributed by atoms with Crippen molar-refractivity contribution >= 4 is 11.0 Å². The molecule has 120 valence electrons. The van der Waals surface area contributed by atoms with Crippen LogP contribution in [0, 0.1) is 0 Å². The average Bonchev–Trinajstić information content (AvgIpc) is 3.20. The van der Waals surface area contributed by atoms with Gasteiger partial charge in [0.25, 0.3) is 0 Å². The minimum absolute atomic E-state index is 0.0711. The smallest absolute Gasteiger partial charge is 0.329 e. The van der Waals surface area contributed by atoms with Crippen molar-refractivity contribution in [1.29, 1.82) is 0 Å². The summed E-state index contributed by atoms with van der Waals surface area (Å²) in [4.78, 5) is 12.6. The molecule has 4 aromatic rings. The highest BCUT2D eigenvalue weighted by molar-refractivity contribution is 5.76. The predicted octanol–water partition coefficient (Wildman–Crippen LogP) is 2.92. The van der Waals surface area contributed by atoms with Gasteiger partial charge in [-0.2, -0.15) is 0 Å². The van der Waals surface area contributed by atoms with Gasteiger partial charge in [0.05, 0.1) is 11.0 Å². The number of benzene rings is 2. The van der Waals surface area contributed by atoms with E-state index < -0.39 is 0 Å². The number of para-hydroxylation sites is 2. The second-order valence-corrected chi connectivity index (χ2v) is 5.47. The maximum absolute atomic E-state index is 12.6. The molecular weight excluding hydrogens is 304 g/mol. The Balaban J connectivity index is 1.75. The summed E-state index contributed by atoms with van der Waals surface area (Å²) < 4.78 is 9.14. The average molecular weight is 320 g/mol. The summed E-state index contributed by atoms with van der Waals surface area (Å²) in [6, 6.07) is 17.3. The number of nitrogens with zero attached hydrogens (tertiary/aromatic N) is 4. The fourth-order valence-corrected chi connectivity index (χ4v) is 2.88. The van der Waals surface area contributed by atoms with Crippen molar-refractivity contribution in [2.75, 3.05) is 0 Å². The van der Waals surface area contributed by atoms with Crippen LogP contribution < -0.4 is 5.69 Å². The molecule has 6 heteroatoms. The first-order valence-corrected chi connectivity index (χ1v) is 7.84. The molecule has 0 bridgehead atoms. The lowest BCUT2D eigenvalue weighted by atomic mass is 10.2. The Morgan fingerprint density at radius 3 is 2.29 bits per heavy atom. The molecule has 24 heavy (non-hydrogen) atoms. The van der Waals surface area contributed by atoms with Crippen molar-refractivity contribution in [2.45, 2.75) is 20.0 Å². The van der Waals surface area contributed by atoms with Gasteiger partial charge in [0.2, 0.25) is 11.8 Å². The van der Waals surface area contributed by atoms with Crippen molar-refractivity contribution in [2.24, 2.45) is 0 Å². The van der Waals surface area contributed by atoms with Gasteiger partial charge in [0.15, 0.2) is 0 Å². The molecule has 4 rings (SSSR count).